The maximum atomic E-state index is 6.08. The van der Waals surface area contributed by atoms with Crippen LogP contribution in [0.2, 0.25) is 15.1 Å². The SMILES string of the molecule is CCCCCCCCNc1cc(Cl)c(Cl)cc1Cl. The molecule has 0 aromatic heterocycles. The fraction of sp³-hybridized carbons (Fsp3) is 0.571. The van der Waals surface area contributed by atoms with Crippen molar-refractivity contribution >= 4 is 40.5 Å². The zero-order valence-corrected chi connectivity index (χ0v) is 13.0. The second kappa shape index (κ2) is 8.90. The van der Waals surface area contributed by atoms with E-state index in [1.807, 2.05) is 0 Å². The fourth-order valence-electron chi connectivity index (χ4n) is 1.79. The highest BCUT2D eigenvalue weighted by atomic mass is 35.5. The predicted molar refractivity (Wildman–Crippen MR) is 83.3 cm³/mol. The maximum absolute atomic E-state index is 6.08. The summed E-state index contributed by atoms with van der Waals surface area (Å²) < 4.78 is 0. The van der Waals surface area contributed by atoms with Gasteiger partial charge in [0, 0.05) is 6.54 Å². The highest BCUT2D eigenvalue weighted by Gasteiger charge is 2.05. The van der Waals surface area contributed by atoms with Crippen LogP contribution in [0.25, 0.3) is 0 Å². The molecule has 0 spiro atoms. The molecule has 0 radical (unpaired) electrons. The number of benzene rings is 1. The van der Waals surface area contributed by atoms with Crippen LogP contribution in [0.5, 0.6) is 0 Å². The van der Waals surface area contributed by atoms with Gasteiger partial charge in [-0.15, -0.1) is 0 Å². The summed E-state index contributed by atoms with van der Waals surface area (Å²) in [5.74, 6) is 0. The number of anilines is 1. The molecule has 0 unspecified atom stereocenters. The van der Waals surface area contributed by atoms with E-state index in [0.717, 1.165) is 18.7 Å². The van der Waals surface area contributed by atoms with Crippen LogP contribution in [0.15, 0.2) is 12.1 Å². The molecule has 4 heteroatoms. The van der Waals surface area contributed by atoms with Crippen molar-refractivity contribution in [1.82, 2.24) is 0 Å². The fourth-order valence-corrected chi connectivity index (χ4v) is 2.40. The molecule has 0 fully saturated rings. The minimum absolute atomic E-state index is 0.492. The van der Waals surface area contributed by atoms with E-state index in [0.29, 0.717) is 15.1 Å². The van der Waals surface area contributed by atoms with Crippen molar-refractivity contribution in [2.24, 2.45) is 0 Å². The molecule has 1 nitrogen and oxygen atoms in total. The normalized spacial score (nSPS) is 10.7. The molecule has 0 aliphatic heterocycles. The number of hydrogen-bond donors (Lipinski definition) is 1. The number of halogens is 3. The van der Waals surface area contributed by atoms with Crippen LogP contribution in [-0.2, 0) is 0 Å². The highest BCUT2D eigenvalue weighted by molar-refractivity contribution is 6.44. The number of rotatable bonds is 8. The molecular weight excluding hydrogens is 289 g/mol. The van der Waals surface area contributed by atoms with Gasteiger partial charge < -0.3 is 5.32 Å². The molecule has 0 saturated carbocycles. The quantitative estimate of drug-likeness (QED) is 0.431. The lowest BCUT2D eigenvalue weighted by Crippen LogP contribution is -2.02. The minimum Gasteiger partial charge on any atom is -0.384 e. The van der Waals surface area contributed by atoms with Crippen molar-refractivity contribution in [2.45, 2.75) is 45.4 Å². The van der Waals surface area contributed by atoms with E-state index in [2.05, 4.69) is 12.2 Å². The van der Waals surface area contributed by atoms with Crippen LogP contribution >= 0.6 is 34.8 Å². The Labute approximate surface area is 125 Å². The van der Waals surface area contributed by atoms with E-state index in [1.165, 1.54) is 32.1 Å². The molecule has 0 atom stereocenters. The van der Waals surface area contributed by atoms with Gasteiger partial charge in [-0.25, -0.2) is 0 Å². The van der Waals surface area contributed by atoms with Gasteiger partial charge in [0.05, 0.1) is 20.8 Å². The summed E-state index contributed by atoms with van der Waals surface area (Å²) in [6, 6.07) is 3.46. The van der Waals surface area contributed by atoms with Gasteiger partial charge in [0.2, 0.25) is 0 Å². The molecule has 0 aliphatic rings. The lowest BCUT2D eigenvalue weighted by Gasteiger charge is -2.09. The van der Waals surface area contributed by atoms with E-state index in [4.69, 9.17) is 34.8 Å². The van der Waals surface area contributed by atoms with Gasteiger partial charge >= 0.3 is 0 Å². The monoisotopic (exact) mass is 307 g/mol. The summed E-state index contributed by atoms with van der Waals surface area (Å²) in [5.41, 5.74) is 0.861. The first-order valence-corrected chi connectivity index (χ1v) is 7.67. The number of hydrogen-bond acceptors (Lipinski definition) is 1. The summed E-state index contributed by atoms with van der Waals surface area (Å²) in [6.45, 7) is 3.15. The molecule has 0 bridgehead atoms. The van der Waals surface area contributed by atoms with E-state index in [1.54, 1.807) is 12.1 Å². The van der Waals surface area contributed by atoms with Gasteiger partial charge in [-0.2, -0.15) is 0 Å². The van der Waals surface area contributed by atoms with Gasteiger partial charge in [-0.3, -0.25) is 0 Å². The van der Waals surface area contributed by atoms with E-state index in [9.17, 15) is 0 Å². The molecule has 1 N–H and O–H groups in total. The van der Waals surface area contributed by atoms with Gasteiger partial charge in [-0.05, 0) is 18.6 Å². The molecule has 0 amide bonds. The largest absolute Gasteiger partial charge is 0.384 e. The van der Waals surface area contributed by atoms with Crippen LogP contribution in [0.1, 0.15) is 45.4 Å². The predicted octanol–water partition coefficient (Wildman–Crippen LogP) is 6.42. The average Bonchev–Trinajstić information content (AvgIpc) is 2.34. The highest BCUT2D eigenvalue weighted by Crippen LogP contribution is 2.32. The zero-order chi connectivity index (χ0) is 13.4. The Morgan fingerprint density at radius 3 is 2.17 bits per heavy atom. The topological polar surface area (TPSA) is 12.0 Å². The molecular formula is C14H20Cl3N. The second-order valence-electron chi connectivity index (χ2n) is 4.44. The third-order valence-electron chi connectivity index (χ3n) is 2.86. The van der Waals surface area contributed by atoms with Gasteiger partial charge in [-0.1, -0.05) is 73.8 Å². The zero-order valence-electron chi connectivity index (χ0n) is 10.7. The number of nitrogens with one attached hydrogen (secondary N) is 1. The minimum atomic E-state index is 0.492. The van der Waals surface area contributed by atoms with Crippen LogP contribution in [0.4, 0.5) is 5.69 Å². The van der Waals surface area contributed by atoms with Crippen LogP contribution in [-0.4, -0.2) is 6.54 Å². The Morgan fingerprint density at radius 2 is 1.44 bits per heavy atom. The van der Waals surface area contributed by atoms with Gasteiger partial charge in [0.25, 0.3) is 0 Å². The van der Waals surface area contributed by atoms with Gasteiger partial charge in [0.15, 0.2) is 0 Å². The van der Waals surface area contributed by atoms with E-state index >= 15 is 0 Å². The average molecular weight is 309 g/mol. The summed E-state index contributed by atoms with van der Waals surface area (Å²) in [4.78, 5) is 0. The summed E-state index contributed by atoms with van der Waals surface area (Å²) in [5, 5.41) is 4.94. The van der Waals surface area contributed by atoms with Crippen LogP contribution in [0.3, 0.4) is 0 Å². The van der Waals surface area contributed by atoms with Crippen molar-refractivity contribution in [3.63, 3.8) is 0 Å². The molecule has 0 aliphatic carbocycles. The molecule has 0 heterocycles. The van der Waals surface area contributed by atoms with E-state index in [-0.39, 0.29) is 0 Å². The lowest BCUT2D eigenvalue weighted by molar-refractivity contribution is 0.617. The van der Waals surface area contributed by atoms with E-state index < -0.39 is 0 Å². The first-order valence-electron chi connectivity index (χ1n) is 6.53. The Morgan fingerprint density at radius 1 is 0.833 bits per heavy atom. The Kier molecular flexibility index (Phi) is 7.88. The molecule has 0 saturated heterocycles. The maximum Gasteiger partial charge on any atom is 0.0653 e. The Hall–Kier alpha value is -0.110. The lowest BCUT2D eigenvalue weighted by atomic mass is 10.1. The summed E-state index contributed by atoms with van der Waals surface area (Å²) >= 11 is 17.9. The molecule has 1 aromatic carbocycles. The molecule has 1 aromatic rings. The van der Waals surface area contributed by atoms with Crippen molar-refractivity contribution < 1.29 is 0 Å². The molecule has 18 heavy (non-hydrogen) atoms. The van der Waals surface area contributed by atoms with Crippen molar-refractivity contribution in [1.29, 1.82) is 0 Å². The van der Waals surface area contributed by atoms with Crippen molar-refractivity contribution in [3.05, 3.63) is 27.2 Å². The van der Waals surface area contributed by atoms with Gasteiger partial charge in [0.1, 0.15) is 0 Å². The third-order valence-corrected chi connectivity index (χ3v) is 3.89. The first-order chi connectivity index (χ1) is 8.65. The third kappa shape index (κ3) is 5.69. The molecule has 102 valence electrons. The second-order valence-corrected chi connectivity index (χ2v) is 5.66. The standard InChI is InChI=1S/C14H20Cl3N/c1-2-3-4-5-6-7-8-18-14-10-12(16)11(15)9-13(14)17/h9-10,18H,2-8H2,1H3. The van der Waals surface area contributed by atoms with Crippen molar-refractivity contribution in [2.75, 3.05) is 11.9 Å². The summed E-state index contributed by atoms with van der Waals surface area (Å²) in [6.07, 6.45) is 7.68. The molecule has 1 rings (SSSR count). The van der Waals surface area contributed by atoms with Crippen molar-refractivity contribution in [3.8, 4) is 0 Å². The number of unbranched alkanes of at least 4 members (excludes halogenated alkanes) is 5. The first kappa shape index (κ1) is 15.9. The Bertz CT molecular complexity index is 366. The Balaban J connectivity index is 2.25. The summed E-state index contributed by atoms with van der Waals surface area (Å²) in [7, 11) is 0. The smallest absolute Gasteiger partial charge is 0.0653 e. The van der Waals surface area contributed by atoms with Crippen LogP contribution < -0.4 is 5.32 Å². The van der Waals surface area contributed by atoms with Crippen LogP contribution in [0, 0.1) is 0 Å².